The Morgan fingerprint density at radius 2 is 1.72 bits per heavy atom. The highest BCUT2D eigenvalue weighted by Crippen LogP contribution is 2.17. The van der Waals surface area contributed by atoms with Gasteiger partial charge in [-0.3, -0.25) is 4.79 Å². The number of rotatable bonds is 6. The molecule has 1 heterocycles. The molecule has 0 radical (unpaired) electrons. The molecular formula is C20H17ClN4O3S. The molecule has 148 valence electrons. The van der Waals surface area contributed by atoms with Crippen LogP contribution in [0.3, 0.4) is 0 Å². The van der Waals surface area contributed by atoms with E-state index >= 15 is 0 Å². The number of sulfonamides is 1. The van der Waals surface area contributed by atoms with Crippen LogP contribution in [-0.4, -0.2) is 24.3 Å². The number of halogens is 1. The third-order valence-electron chi connectivity index (χ3n) is 3.75. The topological polar surface area (TPSA) is 101 Å². The zero-order valence-electron chi connectivity index (χ0n) is 15.3. The predicted octanol–water partition coefficient (Wildman–Crippen LogP) is 3.89. The van der Waals surface area contributed by atoms with Crippen LogP contribution in [0.5, 0.6) is 0 Å². The number of hydrogen-bond acceptors (Lipinski definition) is 5. The normalized spacial score (nSPS) is 11.4. The summed E-state index contributed by atoms with van der Waals surface area (Å²) >= 11 is 5.82. The molecule has 7 nitrogen and oxygen atoms in total. The van der Waals surface area contributed by atoms with Gasteiger partial charge in [-0.2, -0.15) is 0 Å². The zero-order chi connectivity index (χ0) is 20.9. The van der Waals surface area contributed by atoms with E-state index in [9.17, 15) is 13.2 Å². The van der Waals surface area contributed by atoms with E-state index in [-0.39, 0.29) is 16.8 Å². The minimum Gasteiger partial charge on any atom is -0.323 e. The van der Waals surface area contributed by atoms with Crippen molar-refractivity contribution >= 4 is 45.2 Å². The molecule has 1 aromatic heterocycles. The van der Waals surface area contributed by atoms with Crippen LogP contribution in [0.25, 0.3) is 6.08 Å². The second-order valence-electron chi connectivity index (χ2n) is 6.03. The van der Waals surface area contributed by atoms with E-state index in [0.29, 0.717) is 16.4 Å². The van der Waals surface area contributed by atoms with Gasteiger partial charge in [-0.25, -0.2) is 23.1 Å². The van der Waals surface area contributed by atoms with Crippen molar-refractivity contribution in [2.75, 3.05) is 10.0 Å². The molecule has 0 aliphatic carbocycles. The molecule has 0 bridgehead atoms. The minimum atomic E-state index is -3.84. The van der Waals surface area contributed by atoms with Gasteiger partial charge < -0.3 is 5.32 Å². The molecule has 0 spiro atoms. The van der Waals surface area contributed by atoms with Gasteiger partial charge in [-0.15, -0.1) is 0 Å². The lowest BCUT2D eigenvalue weighted by molar-refractivity contribution is -0.111. The minimum absolute atomic E-state index is 0.00489. The van der Waals surface area contributed by atoms with Crippen molar-refractivity contribution in [3.05, 3.63) is 83.2 Å². The fourth-order valence-electron chi connectivity index (χ4n) is 2.32. The summed E-state index contributed by atoms with van der Waals surface area (Å²) < 4.78 is 27.2. The molecule has 0 saturated heterocycles. The van der Waals surface area contributed by atoms with Gasteiger partial charge >= 0.3 is 0 Å². The van der Waals surface area contributed by atoms with Crippen LogP contribution in [0.15, 0.2) is 71.8 Å². The molecule has 0 aliphatic rings. The number of anilines is 2. The van der Waals surface area contributed by atoms with Crippen LogP contribution in [0.2, 0.25) is 5.02 Å². The molecule has 0 atom stereocenters. The first-order valence-corrected chi connectivity index (χ1v) is 10.4. The smallest absolute Gasteiger partial charge is 0.264 e. The van der Waals surface area contributed by atoms with E-state index in [1.54, 1.807) is 43.3 Å². The van der Waals surface area contributed by atoms with Gasteiger partial charge in [0.25, 0.3) is 10.0 Å². The maximum Gasteiger partial charge on any atom is 0.264 e. The zero-order valence-corrected chi connectivity index (χ0v) is 16.9. The Morgan fingerprint density at radius 3 is 2.38 bits per heavy atom. The molecule has 29 heavy (non-hydrogen) atoms. The third-order valence-corrected chi connectivity index (χ3v) is 5.35. The van der Waals surface area contributed by atoms with E-state index in [4.69, 9.17) is 11.6 Å². The number of nitrogens with zero attached hydrogens (tertiary/aromatic N) is 2. The van der Waals surface area contributed by atoms with Crippen molar-refractivity contribution in [1.82, 2.24) is 9.97 Å². The van der Waals surface area contributed by atoms with Gasteiger partial charge in [0, 0.05) is 28.7 Å². The van der Waals surface area contributed by atoms with Gasteiger partial charge in [0.1, 0.15) is 0 Å². The van der Waals surface area contributed by atoms with Crippen molar-refractivity contribution < 1.29 is 13.2 Å². The van der Waals surface area contributed by atoms with Gasteiger partial charge in [-0.05, 0) is 61.0 Å². The van der Waals surface area contributed by atoms with Crippen LogP contribution >= 0.6 is 11.6 Å². The van der Waals surface area contributed by atoms with Crippen LogP contribution in [0.1, 0.15) is 11.3 Å². The van der Waals surface area contributed by atoms with Crippen molar-refractivity contribution in [2.24, 2.45) is 0 Å². The fourth-order valence-corrected chi connectivity index (χ4v) is 3.40. The summed E-state index contributed by atoms with van der Waals surface area (Å²) in [5.74, 6) is -0.350. The van der Waals surface area contributed by atoms with Crippen molar-refractivity contribution in [3.63, 3.8) is 0 Å². The van der Waals surface area contributed by atoms with Gasteiger partial charge in [0.2, 0.25) is 11.9 Å². The molecule has 0 saturated carbocycles. The standard InChI is InChI=1S/C20H17ClN4O3S/c1-14-12-13-22-20(23-14)25-29(27,28)18-9-7-17(8-10-18)24-19(26)11-4-15-2-5-16(21)6-3-15/h2-13H,1H3,(H,24,26)(H,22,23,25). The quantitative estimate of drug-likeness (QED) is 0.580. The van der Waals surface area contributed by atoms with E-state index in [1.807, 2.05) is 0 Å². The van der Waals surface area contributed by atoms with Crippen LogP contribution in [0.4, 0.5) is 11.6 Å². The largest absolute Gasteiger partial charge is 0.323 e. The third kappa shape index (κ3) is 5.87. The lowest BCUT2D eigenvalue weighted by Gasteiger charge is -2.08. The number of aromatic nitrogens is 2. The highest BCUT2D eigenvalue weighted by molar-refractivity contribution is 7.92. The summed E-state index contributed by atoms with van der Waals surface area (Å²) in [7, 11) is -3.84. The lowest BCUT2D eigenvalue weighted by Crippen LogP contribution is -2.15. The molecule has 0 aliphatic heterocycles. The van der Waals surface area contributed by atoms with E-state index in [1.165, 1.54) is 36.5 Å². The Hall–Kier alpha value is -3.23. The molecule has 2 aromatic carbocycles. The van der Waals surface area contributed by atoms with Crippen molar-refractivity contribution in [2.45, 2.75) is 11.8 Å². The summed E-state index contributed by atoms with van der Waals surface area (Å²) in [4.78, 5) is 20.0. The molecule has 0 unspecified atom stereocenters. The first-order chi connectivity index (χ1) is 13.8. The summed E-state index contributed by atoms with van der Waals surface area (Å²) in [5.41, 5.74) is 1.93. The maximum atomic E-state index is 12.4. The molecule has 3 aromatic rings. The lowest BCUT2D eigenvalue weighted by atomic mass is 10.2. The Morgan fingerprint density at radius 1 is 1.03 bits per heavy atom. The summed E-state index contributed by atoms with van der Waals surface area (Å²) in [6.45, 7) is 1.73. The summed E-state index contributed by atoms with van der Waals surface area (Å²) in [6.07, 6.45) is 4.50. The first kappa shape index (κ1) is 20.5. The van der Waals surface area contributed by atoms with Crippen LogP contribution in [-0.2, 0) is 14.8 Å². The monoisotopic (exact) mass is 428 g/mol. The number of amides is 1. The number of benzene rings is 2. The Labute approximate surface area is 173 Å². The molecule has 0 fully saturated rings. The van der Waals surface area contributed by atoms with E-state index in [0.717, 1.165) is 5.56 Å². The van der Waals surface area contributed by atoms with Gasteiger partial charge in [-0.1, -0.05) is 23.7 Å². The van der Waals surface area contributed by atoms with Gasteiger partial charge in [0.05, 0.1) is 4.90 Å². The van der Waals surface area contributed by atoms with Crippen LogP contribution < -0.4 is 10.0 Å². The molecular weight excluding hydrogens is 412 g/mol. The predicted molar refractivity (Wildman–Crippen MR) is 113 cm³/mol. The fraction of sp³-hybridized carbons (Fsp3) is 0.0500. The van der Waals surface area contributed by atoms with Crippen molar-refractivity contribution in [3.8, 4) is 0 Å². The number of carbonyl (C=O) groups excluding carboxylic acids is 1. The number of hydrogen-bond donors (Lipinski definition) is 2. The SMILES string of the molecule is Cc1ccnc(NS(=O)(=O)c2ccc(NC(=O)C=Cc3ccc(Cl)cc3)cc2)n1. The molecule has 9 heteroatoms. The molecule has 2 N–H and O–H groups in total. The number of aryl methyl sites for hydroxylation is 1. The average Bonchev–Trinajstić information content (AvgIpc) is 2.68. The molecule has 3 rings (SSSR count). The number of carbonyl (C=O) groups is 1. The van der Waals surface area contributed by atoms with E-state index < -0.39 is 10.0 Å². The average molecular weight is 429 g/mol. The van der Waals surface area contributed by atoms with E-state index in [2.05, 4.69) is 20.0 Å². The first-order valence-electron chi connectivity index (χ1n) is 8.49. The second-order valence-corrected chi connectivity index (χ2v) is 8.14. The van der Waals surface area contributed by atoms with Crippen molar-refractivity contribution in [1.29, 1.82) is 0 Å². The van der Waals surface area contributed by atoms with Crippen LogP contribution in [0, 0.1) is 6.92 Å². The maximum absolute atomic E-state index is 12.4. The summed E-state index contributed by atoms with van der Waals surface area (Å²) in [5, 5.41) is 3.28. The Kier molecular flexibility index (Phi) is 6.26. The Balaban J connectivity index is 1.64. The molecule has 1 amide bonds. The van der Waals surface area contributed by atoms with Gasteiger partial charge in [0.15, 0.2) is 0 Å². The highest BCUT2D eigenvalue weighted by atomic mass is 35.5. The summed E-state index contributed by atoms with van der Waals surface area (Å²) in [6, 6.07) is 14.5. The highest BCUT2D eigenvalue weighted by Gasteiger charge is 2.15. The number of nitrogens with one attached hydrogen (secondary N) is 2. The second kappa shape index (κ2) is 8.85. The Bertz CT molecular complexity index is 1150.